The zero-order valence-electron chi connectivity index (χ0n) is 12.9. The lowest BCUT2D eigenvalue weighted by Crippen LogP contribution is -2.36. The number of benzene rings is 1. The summed E-state index contributed by atoms with van der Waals surface area (Å²) in [7, 11) is -3.34. The SMILES string of the molecule is CCN(CC)C(=O)CCN(Cc1ccccc1)S(C)(=O)=O. The molecule has 6 heteroatoms. The van der Waals surface area contributed by atoms with Gasteiger partial charge >= 0.3 is 0 Å². The van der Waals surface area contributed by atoms with Gasteiger partial charge in [0.25, 0.3) is 0 Å². The number of amides is 1. The number of carbonyl (C=O) groups is 1. The molecule has 0 aromatic heterocycles. The Kier molecular flexibility index (Phi) is 6.84. The molecule has 0 aliphatic carbocycles. The van der Waals surface area contributed by atoms with E-state index >= 15 is 0 Å². The van der Waals surface area contributed by atoms with Crippen LogP contribution in [-0.4, -0.2) is 49.4 Å². The molecule has 21 heavy (non-hydrogen) atoms. The van der Waals surface area contributed by atoms with Crippen LogP contribution in [0.3, 0.4) is 0 Å². The third-order valence-electron chi connectivity index (χ3n) is 3.36. The van der Waals surface area contributed by atoms with Crippen molar-refractivity contribution in [3.63, 3.8) is 0 Å². The van der Waals surface area contributed by atoms with Gasteiger partial charge in [-0.1, -0.05) is 30.3 Å². The topological polar surface area (TPSA) is 57.7 Å². The lowest BCUT2D eigenvalue weighted by Gasteiger charge is -2.23. The van der Waals surface area contributed by atoms with Gasteiger partial charge < -0.3 is 4.90 Å². The maximum Gasteiger partial charge on any atom is 0.223 e. The van der Waals surface area contributed by atoms with Crippen LogP contribution in [0.4, 0.5) is 0 Å². The highest BCUT2D eigenvalue weighted by molar-refractivity contribution is 7.88. The minimum atomic E-state index is -3.34. The highest BCUT2D eigenvalue weighted by Gasteiger charge is 2.19. The van der Waals surface area contributed by atoms with E-state index in [1.807, 2.05) is 44.2 Å². The maximum absolute atomic E-state index is 12.0. The standard InChI is InChI=1S/C15H24N2O3S/c1-4-16(5-2)15(18)11-12-17(21(3,19)20)13-14-9-7-6-8-10-14/h6-10H,4-5,11-13H2,1-3H3. The summed E-state index contributed by atoms with van der Waals surface area (Å²) in [6.07, 6.45) is 1.39. The predicted octanol–water partition coefficient (Wildman–Crippen LogP) is 1.71. The van der Waals surface area contributed by atoms with Crippen LogP contribution in [0.1, 0.15) is 25.8 Å². The van der Waals surface area contributed by atoms with Gasteiger partial charge in [-0.25, -0.2) is 8.42 Å². The van der Waals surface area contributed by atoms with Gasteiger partial charge in [0.2, 0.25) is 15.9 Å². The minimum Gasteiger partial charge on any atom is -0.343 e. The third kappa shape index (κ3) is 5.85. The third-order valence-corrected chi connectivity index (χ3v) is 4.61. The van der Waals surface area contributed by atoms with Crippen molar-refractivity contribution >= 4 is 15.9 Å². The van der Waals surface area contributed by atoms with Gasteiger partial charge in [0.05, 0.1) is 6.26 Å². The molecule has 0 unspecified atom stereocenters. The van der Waals surface area contributed by atoms with Crippen molar-refractivity contribution in [2.75, 3.05) is 25.9 Å². The second-order valence-corrected chi connectivity index (χ2v) is 6.88. The Hall–Kier alpha value is -1.40. The van der Waals surface area contributed by atoms with Crippen molar-refractivity contribution in [3.8, 4) is 0 Å². The van der Waals surface area contributed by atoms with Crippen LogP contribution in [0.15, 0.2) is 30.3 Å². The molecule has 0 aliphatic rings. The summed E-state index contributed by atoms with van der Waals surface area (Å²) in [6, 6.07) is 9.39. The highest BCUT2D eigenvalue weighted by Crippen LogP contribution is 2.09. The van der Waals surface area contributed by atoms with Gasteiger partial charge in [0.1, 0.15) is 0 Å². The van der Waals surface area contributed by atoms with E-state index < -0.39 is 10.0 Å². The molecule has 0 radical (unpaired) electrons. The van der Waals surface area contributed by atoms with Crippen LogP contribution >= 0.6 is 0 Å². The molecule has 1 rings (SSSR count). The van der Waals surface area contributed by atoms with Crippen molar-refractivity contribution in [3.05, 3.63) is 35.9 Å². The summed E-state index contributed by atoms with van der Waals surface area (Å²) >= 11 is 0. The molecule has 1 aromatic carbocycles. The van der Waals surface area contributed by atoms with E-state index in [1.54, 1.807) is 4.90 Å². The first-order valence-electron chi connectivity index (χ1n) is 7.15. The molecule has 0 spiro atoms. The van der Waals surface area contributed by atoms with E-state index in [-0.39, 0.29) is 18.9 Å². The lowest BCUT2D eigenvalue weighted by atomic mass is 10.2. The van der Waals surface area contributed by atoms with Crippen molar-refractivity contribution in [2.45, 2.75) is 26.8 Å². The van der Waals surface area contributed by atoms with Gasteiger partial charge in [-0.05, 0) is 19.4 Å². The molecule has 1 amide bonds. The average Bonchev–Trinajstić information content (AvgIpc) is 2.44. The second-order valence-electron chi connectivity index (χ2n) is 4.90. The molecule has 0 N–H and O–H groups in total. The van der Waals surface area contributed by atoms with E-state index in [9.17, 15) is 13.2 Å². The molecule has 0 saturated heterocycles. The highest BCUT2D eigenvalue weighted by atomic mass is 32.2. The number of sulfonamides is 1. The largest absolute Gasteiger partial charge is 0.343 e. The summed E-state index contributed by atoms with van der Waals surface area (Å²) in [5, 5.41) is 0. The van der Waals surface area contributed by atoms with Gasteiger partial charge in [0.15, 0.2) is 0 Å². The number of hydrogen-bond donors (Lipinski definition) is 0. The maximum atomic E-state index is 12.0. The fourth-order valence-corrected chi connectivity index (χ4v) is 2.91. The van der Waals surface area contributed by atoms with Crippen molar-refractivity contribution in [1.82, 2.24) is 9.21 Å². The Morgan fingerprint density at radius 2 is 1.67 bits per heavy atom. The predicted molar refractivity (Wildman–Crippen MR) is 84.2 cm³/mol. The van der Waals surface area contributed by atoms with E-state index in [4.69, 9.17) is 0 Å². The number of hydrogen-bond acceptors (Lipinski definition) is 3. The number of nitrogens with zero attached hydrogens (tertiary/aromatic N) is 2. The molecule has 5 nitrogen and oxygen atoms in total. The van der Waals surface area contributed by atoms with Crippen LogP contribution in [0.5, 0.6) is 0 Å². The quantitative estimate of drug-likeness (QED) is 0.734. The molecule has 0 atom stereocenters. The Morgan fingerprint density at radius 1 is 1.10 bits per heavy atom. The van der Waals surface area contributed by atoms with Crippen molar-refractivity contribution in [1.29, 1.82) is 0 Å². The van der Waals surface area contributed by atoms with Crippen LogP contribution in [0.25, 0.3) is 0 Å². The van der Waals surface area contributed by atoms with Crippen molar-refractivity contribution in [2.24, 2.45) is 0 Å². The molecular weight excluding hydrogens is 288 g/mol. The Bertz CT molecular complexity index is 539. The number of rotatable bonds is 8. The molecular formula is C15H24N2O3S. The molecule has 0 fully saturated rings. The van der Waals surface area contributed by atoms with Gasteiger partial charge in [-0.15, -0.1) is 0 Å². The zero-order valence-corrected chi connectivity index (χ0v) is 13.8. The Labute approximate surface area is 127 Å². The first kappa shape index (κ1) is 17.7. The summed E-state index contributed by atoms with van der Waals surface area (Å²) in [6.45, 7) is 5.63. The Balaban J connectivity index is 2.70. The second kappa shape index (κ2) is 8.14. The minimum absolute atomic E-state index is 0.0123. The molecule has 0 aliphatic heterocycles. The summed E-state index contributed by atoms with van der Waals surface area (Å²) in [5.41, 5.74) is 0.915. The fourth-order valence-electron chi connectivity index (χ4n) is 2.10. The molecule has 0 heterocycles. The lowest BCUT2D eigenvalue weighted by molar-refractivity contribution is -0.130. The smallest absolute Gasteiger partial charge is 0.223 e. The van der Waals surface area contributed by atoms with Crippen LogP contribution in [0, 0.1) is 0 Å². The van der Waals surface area contributed by atoms with Gasteiger partial charge in [0, 0.05) is 32.6 Å². The summed E-state index contributed by atoms with van der Waals surface area (Å²) in [4.78, 5) is 13.7. The normalized spacial score (nSPS) is 11.6. The first-order valence-corrected chi connectivity index (χ1v) is 9.00. The van der Waals surface area contributed by atoms with E-state index in [0.29, 0.717) is 19.6 Å². The van der Waals surface area contributed by atoms with Crippen LogP contribution in [0.2, 0.25) is 0 Å². The van der Waals surface area contributed by atoms with Crippen LogP contribution < -0.4 is 0 Å². The molecule has 118 valence electrons. The fraction of sp³-hybridized carbons (Fsp3) is 0.533. The van der Waals surface area contributed by atoms with E-state index in [1.165, 1.54) is 10.6 Å². The Morgan fingerprint density at radius 3 is 2.14 bits per heavy atom. The number of carbonyl (C=O) groups excluding carboxylic acids is 1. The molecule has 0 saturated carbocycles. The molecule has 0 bridgehead atoms. The first-order chi connectivity index (χ1) is 9.88. The van der Waals surface area contributed by atoms with E-state index in [0.717, 1.165) is 5.56 Å². The van der Waals surface area contributed by atoms with E-state index in [2.05, 4.69) is 0 Å². The summed E-state index contributed by atoms with van der Waals surface area (Å²) < 4.78 is 25.1. The van der Waals surface area contributed by atoms with Crippen molar-refractivity contribution < 1.29 is 13.2 Å². The van der Waals surface area contributed by atoms with Crippen LogP contribution in [-0.2, 0) is 21.4 Å². The zero-order chi connectivity index (χ0) is 15.9. The molecule has 1 aromatic rings. The average molecular weight is 312 g/mol. The summed E-state index contributed by atoms with van der Waals surface area (Å²) in [5.74, 6) is -0.0123. The van der Waals surface area contributed by atoms with Gasteiger partial charge in [-0.3, -0.25) is 4.79 Å². The van der Waals surface area contributed by atoms with Gasteiger partial charge in [-0.2, -0.15) is 4.31 Å². The monoisotopic (exact) mass is 312 g/mol.